The molecule has 0 aromatic heterocycles. The third-order valence-corrected chi connectivity index (χ3v) is 4.03. The van der Waals surface area contributed by atoms with Gasteiger partial charge in [-0.05, 0) is 31.4 Å². The summed E-state index contributed by atoms with van der Waals surface area (Å²) in [5, 5.41) is 12.3. The summed E-state index contributed by atoms with van der Waals surface area (Å²) >= 11 is 0. The topological polar surface area (TPSA) is 84.9 Å². The molecule has 6 nitrogen and oxygen atoms in total. The lowest BCUT2D eigenvalue weighted by atomic mass is 9.98. The number of hydrogen-bond acceptors (Lipinski definition) is 6. The van der Waals surface area contributed by atoms with Crippen LogP contribution >= 0.6 is 0 Å². The van der Waals surface area contributed by atoms with Crippen molar-refractivity contribution in [3.8, 4) is 11.5 Å². The first-order valence-corrected chi connectivity index (χ1v) is 8.12. The van der Waals surface area contributed by atoms with Crippen LogP contribution in [0, 0.1) is 12.8 Å². The van der Waals surface area contributed by atoms with Gasteiger partial charge in [-0.15, -0.1) is 0 Å². The van der Waals surface area contributed by atoms with E-state index >= 15 is 0 Å². The fourth-order valence-electron chi connectivity index (χ4n) is 2.35. The molecule has 1 rings (SSSR count). The number of benzene rings is 1. The number of ketones is 2. The number of aliphatic hydroxyl groups excluding tert-OH is 1. The Kier molecular flexibility index (Phi) is 7.64. The van der Waals surface area contributed by atoms with E-state index < -0.39 is 5.78 Å². The monoisotopic (exact) mass is 349 g/mol. The summed E-state index contributed by atoms with van der Waals surface area (Å²) in [5.74, 6) is 0.265. The van der Waals surface area contributed by atoms with E-state index in [-0.39, 0.29) is 35.5 Å². The molecule has 0 amide bonds. The van der Waals surface area contributed by atoms with Gasteiger partial charge in [0.15, 0.2) is 5.78 Å². The standard InChI is InChI=1S/C19H27NO5/c1-11(2)16(10-21)20-9-15(13(4)22)19(23)14-7-12(3)17(24-5)8-18(14)25-6/h7-9,11,16,20-21H,10H2,1-6H3/t16-/m1/s1. The van der Waals surface area contributed by atoms with Gasteiger partial charge in [-0.3, -0.25) is 9.59 Å². The average molecular weight is 349 g/mol. The zero-order valence-corrected chi connectivity index (χ0v) is 15.7. The minimum Gasteiger partial charge on any atom is -0.496 e. The first-order chi connectivity index (χ1) is 11.8. The Morgan fingerprint density at radius 1 is 1.20 bits per heavy atom. The van der Waals surface area contributed by atoms with Crippen molar-refractivity contribution in [2.24, 2.45) is 5.92 Å². The molecule has 0 bridgehead atoms. The van der Waals surface area contributed by atoms with E-state index in [1.165, 1.54) is 27.3 Å². The zero-order chi connectivity index (χ0) is 19.1. The summed E-state index contributed by atoms with van der Waals surface area (Å²) in [5.41, 5.74) is 1.05. The van der Waals surface area contributed by atoms with Gasteiger partial charge >= 0.3 is 0 Å². The number of methoxy groups -OCH3 is 2. The Morgan fingerprint density at radius 2 is 1.80 bits per heavy atom. The number of nitrogens with one attached hydrogen (secondary N) is 1. The number of ether oxygens (including phenoxy) is 2. The van der Waals surface area contributed by atoms with E-state index in [1.807, 2.05) is 20.8 Å². The molecule has 0 saturated carbocycles. The number of Topliss-reactive ketones (excluding diaryl/α,β-unsaturated/α-hetero) is 2. The zero-order valence-electron chi connectivity index (χ0n) is 15.7. The van der Waals surface area contributed by atoms with E-state index in [1.54, 1.807) is 12.1 Å². The van der Waals surface area contributed by atoms with Crippen LogP contribution < -0.4 is 14.8 Å². The summed E-state index contributed by atoms with van der Waals surface area (Å²) in [6.45, 7) is 6.92. The van der Waals surface area contributed by atoms with Crippen LogP contribution in [-0.4, -0.2) is 43.5 Å². The maximum absolute atomic E-state index is 12.9. The second-order valence-corrected chi connectivity index (χ2v) is 6.17. The van der Waals surface area contributed by atoms with Gasteiger partial charge in [0.25, 0.3) is 0 Å². The molecule has 138 valence electrons. The van der Waals surface area contributed by atoms with Crippen molar-refractivity contribution < 1.29 is 24.2 Å². The van der Waals surface area contributed by atoms with Gasteiger partial charge in [-0.2, -0.15) is 0 Å². The van der Waals surface area contributed by atoms with Crippen LogP contribution in [0.2, 0.25) is 0 Å². The third kappa shape index (κ3) is 5.06. The highest BCUT2D eigenvalue weighted by molar-refractivity contribution is 6.26. The van der Waals surface area contributed by atoms with E-state index in [0.717, 1.165) is 5.56 Å². The predicted molar refractivity (Wildman–Crippen MR) is 96.2 cm³/mol. The Balaban J connectivity index is 3.28. The Labute approximate surface area is 148 Å². The van der Waals surface area contributed by atoms with Crippen molar-refractivity contribution in [2.45, 2.75) is 33.7 Å². The molecule has 1 aromatic carbocycles. The summed E-state index contributed by atoms with van der Waals surface area (Å²) in [6, 6.07) is 3.02. The number of rotatable bonds is 9. The van der Waals surface area contributed by atoms with Crippen molar-refractivity contribution >= 4 is 11.6 Å². The normalized spacial score (nSPS) is 12.7. The highest BCUT2D eigenvalue weighted by Gasteiger charge is 2.22. The molecule has 0 aliphatic carbocycles. The second kappa shape index (κ2) is 9.22. The van der Waals surface area contributed by atoms with Gasteiger partial charge in [0.05, 0.1) is 38.0 Å². The van der Waals surface area contributed by atoms with Gasteiger partial charge in [-0.1, -0.05) is 13.8 Å². The van der Waals surface area contributed by atoms with Gasteiger partial charge in [0.1, 0.15) is 11.5 Å². The number of carbonyl (C=O) groups is 2. The van der Waals surface area contributed by atoms with E-state index in [9.17, 15) is 14.7 Å². The van der Waals surface area contributed by atoms with Gasteiger partial charge in [0.2, 0.25) is 5.78 Å². The molecular weight excluding hydrogens is 322 g/mol. The molecule has 6 heteroatoms. The summed E-state index contributed by atoms with van der Waals surface area (Å²) in [7, 11) is 2.99. The minimum atomic E-state index is -0.442. The van der Waals surface area contributed by atoms with Crippen molar-refractivity contribution in [1.82, 2.24) is 5.32 Å². The molecular formula is C19H27NO5. The van der Waals surface area contributed by atoms with E-state index in [4.69, 9.17) is 9.47 Å². The van der Waals surface area contributed by atoms with E-state index in [0.29, 0.717) is 11.5 Å². The van der Waals surface area contributed by atoms with Crippen molar-refractivity contribution in [3.05, 3.63) is 35.0 Å². The molecule has 0 aliphatic rings. The fourth-order valence-corrected chi connectivity index (χ4v) is 2.35. The van der Waals surface area contributed by atoms with Gasteiger partial charge in [0, 0.05) is 12.3 Å². The largest absolute Gasteiger partial charge is 0.496 e. The summed E-state index contributed by atoms with van der Waals surface area (Å²) < 4.78 is 10.5. The molecule has 0 spiro atoms. The smallest absolute Gasteiger partial charge is 0.201 e. The molecule has 1 atom stereocenters. The molecule has 0 aliphatic heterocycles. The third-order valence-electron chi connectivity index (χ3n) is 4.03. The van der Waals surface area contributed by atoms with Crippen LogP contribution in [0.5, 0.6) is 11.5 Å². The van der Waals surface area contributed by atoms with Crippen LogP contribution in [0.25, 0.3) is 0 Å². The molecule has 0 heterocycles. The Hall–Kier alpha value is -2.34. The highest BCUT2D eigenvalue weighted by atomic mass is 16.5. The van der Waals surface area contributed by atoms with E-state index in [2.05, 4.69) is 5.32 Å². The van der Waals surface area contributed by atoms with Crippen LogP contribution in [0.4, 0.5) is 0 Å². The minimum absolute atomic E-state index is 0.00182. The Bertz CT molecular complexity index is 664. The van der Waals surface area contributed by atoms with Gasteiger partial charge in [-0.25, -0.2) is 0 Å². The SMILES string of the molecule is COc1cc(OC)c(C(=O)C(=CN[C@H](CO)C(C)C)C(C)=O)cc1C. The molecule has 0 radical (unpaired) electrons. The second-order valence-electron chi connectivity index (χ2n) is 6.17. The van der Waals surface area contributed by atoms with Crippen LogP contribution in [-0.2, 0) is 4.79 Å². The van der Waals surface area contributed by atoms with Crippen molar-refractivity contribution in [1.29, 1.82) is 0 Å². The molecule has 0 saturated heterocycles. The molecule has 1 aromatic rings. The molecule has 2 N–H and O–H groups in total. The summed E-state index contributed by atoms with van der Waals surface area (Å²) in [6.07, 6.45) is 1.38. The number of aryl methyl sites for hydroxylation is 1. The molecule has 0 unspecified atom stereocenters. The maximum Gasteiger partial charge on any atom is 0.201 e. The van der Waals surface area contributed by atoms with Crippen LogP contribution in [0.15, 0.2) is 23.9 Å². The average Bonchev–Trinajstić information content (AvgIpc) is 2.57. The lowest BCUT2D eigenvalue weighted by Gasteiger charge is -2.19. The number of hydrogen-bond donors (Lipinski definition) is 2. The van der Waals surface area contributed by atoms with Gasteiger partial charge < -0.3 is 19.9 Å². The summed E-state index contributed by atoms with van der Waals surface area (Å²) in [4.78, 5) is 24.9. The predicted octanol–water partition coefficient (Wildman–Crippen LogP) is 2.27. The van der Waals surface area contributed by atoms with Crippen molar-refractivity contribution in [2.75, 3.05) is 20.8 Å². The molecule has 25 heavy (non-hydrogen) atoms. The number of allylic oxidation sites excluding steroid dienone is 1. The number of aliphatic hydroxyl groups is 1. The molecule has 0 fully saturated rings. The first-order valence-electron chi connectivity index (χ1n) is 8.12. The highest BCUT2D eigenvalue weighted by Crippen LogP contribution is 2.30. The van der Waals surface area contributed by atoms with Crippen LogP contribution in [0.1, 0.15) is 36.7 Å². The Morgan fingerprint density at radius 3 is 2.24 bits per heavy atom. The lowest BCUT2D eigenvalue weighted by Crippen LogP contribution is -2.34. The maximum atomic E-state index is 12.9. The fraction of sp³-hybridized carbons (Fsp3) is 0.474. The first kappa shape index (κ1) is 20.7. The lowest BCUT2D eigenvalue weighted by molar-refractivity contribution is -0.113. The van der Waals surface area contributed by atoms with Crippen LogP contribution in [0.3, 0.4) is 0 Å². The van der Waals surface area contributed by atoms with Crippen molar-refractivity contribution in [3.63, 3.8) is 0 Å². The number of carbonyl (C=O) groups excluding carboxylic acids is 2. The quantitative estimate of drug-likeness (QED) is 0.308.